The van der Waals surface area contributed by atoms with Gasteiger partial charge in [0, 0.05) is 18.7 Å². The van der Waals surface area contributed by atoms with Crippen molar-refractivity contribution < 1.29 is 23.1 Å². The van der Waals surface area contributed by atoms with E-state index in [4.69, 9.17) is 5.11 Å². The Morgan fingerprint density at radius 1 is 1.26 bits per heavy atom. The van der Waals surface area contributed by atoms with Gasteiger partial charge in [-0.3, -0.25) is 4.79 Å². The van der Waals surface area contributed by atoms with Crippen LogP contribution in [0, 0.1) is 5.92 Å². The van der Waals surface area contributed by atoms with Gasteiger partial charge in [-0.1, -0.05) is 12.1 Å². The minimum absolute atomic E-state index is 0.0662. The molecule has 126 valence electrons. The quantitative estimate of drug-likeness (QED) is 0.833. The first kappa shape index (κ1) is 17.5. The summed E-state index contributed by atoms with van der Waals surface area (Å²) in [6.07, 6.45) is 1.62. The fourth-order valence-electron chi connectivity index (χ4n) is 2.73. The third kappa shape index (κ3) is 5.39. The predicted octanol–water partition coefficient (Wildman–Crippen LogP) is 3.39. The topological polar surface area (TPSA) is 49.3 Å². The van der Waals surface area contributed by atoms with Crippen molar-refractivity contribution in [3.05, 3.63) is 41.5 Å². The summed E-state index contributed by atoms with van der Waals surface area (Å²) >= 11 is 0. The van der Waals surface area contributed by atoms with E-state index < -0.39 is 11.7 Å². The second-order valence-corrected chi connectivity index (χ2v) is 5.87. The van der Waals surface area contributed by atoms with Gasteiger partial charge in [-0.2, -0.15) is 13.2 Å². The molecule has 6 heteroatoms. The molecule has 23 heavy (non-hydrogen) atoms. The summed E-state index contributed by atoms with van der Waals surface area (Å²) in [5, 5.41) is 11.9. The second kappa shape index (κ2) is 7.64. The molecule has 0 aliphatic heterocycles. The molecule has 0 spiro atoms. The number of nitrogens with one attached hydrogen (secondary N) is 1. The molecule has 0 heterocycles. The molecule has 1 amide bonds. The molecule has 0 saturated heterocycles. The Morgan fingerprint density at radius 2 is 1.96 bits per heavy atom. The Bertz CT molecular complexity index is 561. The molecule has 0 radical (unpaired) electrons. The molecule has 0 aromatic heterocycles. The molecule has 1 aliphatic rings. The van der Waals surface area contributed by atoms with Gasteiger partial charge in [-0.15, -0.1) is 0 Å². The summed E-state index contributed by atoms with van der Waals surface area (Å²) in [5.74, 6) is -0.00124. The van der Waals surface area contributed by atoms with Gasteiger partial charge in [-0.05, 0) is 55.4 Å². The fourth-order valence-corrected chi connectivity index (χ4v) is 2.73. The van der Waals surface area contributed by atoms with Crippen molar-refractivity contribution >= 4 is 12.0 Å². The Morgan fingerprint density at radius 3 is 2.57 bits per heavy atom. The van der Waals surface area contributed by atoms with Crippen molar-refractivity contribution in [1.29, 1.82) is 0 Å². The first-order chi connectivity index (χ1) is 10.9. The molecule has 0 bridgehead atoms. The van der Waals surface area contributed by atoms with E-state index in [1.54, 1.807) is 0 Å². The van der Waals surface area contributed by atoms with Crippen LogP contribution in [0.3, 0.4) is 0 Å². The molecule has 1 aliphatic carbocycles. The monoisotopic (exact) mass is 327 g/mol. The zero-order chi connectivity index (χ0) is 16.9. The van der Waals surface area contributed by atoms with Crippen LogP contribution in [0.25, 0.3) is 6.08 Å². The summed E-state index contributed by atoms with van der Waals surface area (Å²) in [6.45, 7) is 0.177. The number of halogens is 3. The number of rotatable bonds is 4. The highest BCUT2D eigenvalue weighted by Crippen LogP contribution is 2.29. The summed E-state index contributed by atoms with van der Waals surface area (Å²) in [5.41, 5.74) is -0.402. The molecule has 0 atom stereocenters. The maximum atomic E-state index is 12.6. The first-order valence-electron chi connectivity index (χ1n) is 7.65. The van der Waals surface area contributed by atoms with E-state index in [9.17, 15) is 18.0 Å². The van der Waals surface area contributed by atoms with E-state index in [-0.39, 0.29) is 18.6 Å². The van der Waals surface area contributed by atoms with Gasteiger partial charge in [0.05, 0.1) is 5.56 Å². The molecule has 1 saturated carbocycles. The van der Waals surface area contributed by atoms with E-state index >= 15 is 0 Å². The molecule has 2 N–H and O–H groups in total. The highest BCUT2D eigenvalue weighted by molar-refractivity contribution is 5.91. The standard InChI is InChI=1S/C17H20F3NO2/c18-17(19,20)14-3-1-2-12(10-14)6-9-16(23)21-15-7-4-13(11-22)5-8-15/h1-3,6,9-10,13,15,22H,4-5,7-8,11H2,(H,21,23)/b9-6+. The number of carbonyl (C=O) groups is 1. The summed E-state index contributed by atoms with van der Waals surface area (Å²) < 4.78 is 37.8. The number of aliphatic hydroxyl groups is 1. The Hall–Kier alpha value is -1.82. The normalized spacial score (nSPS) is 22.3. The van der Waals surface area contributed by atoms with Gasteiger partial charge in [0.25, 0.3) is 0 Å². The van der Waals surface area contributed by atoms with Crippen LogP contribution in [-0.2, 0) is 11.0 Å². The van der Waals surface area contributed by atoms with Crippen LogP contribution in [-0.4, -0.2) is 23.7 Å². The third-order valence-electron chi connectivity index (χ3n) is 4.09. The van der Waals surface area contributed by atoms with Crippen molar-refractivity contribution in [3.8, 4) is 0 Å². The van der Waals surface area contributed by atoms with Gasteiger partial charge in [0.2, 0.25) is 5.91 Å². The number of carbonyl (C=O) groups excluding carboxylic acids is 1. The number of hydrogen-bond acceptors (Lipinski definition) is 2. The van der Waals surface area contributed by atoms with E-state index in [0.29, 0.717) is 11.5 Å². The number of amides is 1. The molecule has 3 nitrogen and oxygen atoms in total. The zero-order valence-corrected chi connectivity index (χ0v) is 12.6. The van der Waals surface area contributed by atoms with Crippen LogP contribution in [0.1, 0.15) is 36.8 Å². The van der Waals surface area contributed by atoms with Crippen LogP contribution >= 0.6 is 0 Å². The lowest BCUT2D eigenvalue weighted by Gasteiger charge is -2.27. The minimum atomic E-state index is -4.39. The lowest BCUT2D eigenvalue weighted by molar-refractivity contribution is -0.137. The lowest BCUT2D eigenvalue weighted by atomic mass is 9.86. The molecule has 1 fully saturated rings. The SMILES string of the molecule is O=C(/C=C/c1cccc(C(F)(F)F)c1)NC1CCC(CO)CC1. The van der Waals surface area contributed by atoms with E-state index in [2.05, 4.69) is 5.32 Å². The van der Waals surface area contributed by atoms with Crippen molar-refractivity contribution in [3.63, 3.8) is 0 Å². The Labute approximate surface area is 133 Å². The zero-order valence-electron chi connectivity index (χ0n) is 12.6. The summed E-state index contributed by atoms with van der Waals surface area (Å²) in [7, 11) is 0. The molecule has 1 aromatic rings. The van der Waals surface area contributed by atoms with Crippen LogP contribution in [0.4, 0.5) is 13.2 Å². The lowest BCUT2D eigenvalue weighted by Crippen LogP contribution is -2.37. The largest absolute Gasteiger partial charge is 0.416 e. The Balaban J connectivity index is 1.89. The van der Waals surface area contributed by atoms with Crippen molar-refractivity contribution in [2.24, 2.45) is 5.92 Å². The maximum Gasteiger partial charge on any atom is 0.416 e. The minimum Gasteiger partial charge on any atom is -0.396 e. The predicted molar refractivity (Wildman–Crippen MR) is 81.5 cm³/mol. The molecule has 1 aromatic carbocycles. The summed E-state index contributed by atoms with van der Waals surface area (Å²) in [6, 6.07) is 4.91. The highest BCUT2D eigenvalue weighted by Gasteiger charge is 2.30. The van der Waals surface area contributed by atoms with Gasteiger partial charge in [0.15, 0.2) is 0 Å². The van der Waals surface area contributed by atoms with E-state index in [1.165, 1.54) is 24.3 Å². The van der Waals surface area contributed by atoms with Crippen LogP contribution in [0.2, 0.25) is 0 Å². The van der Waals surface area contributed by atoms with Crippen LogP contribution in [0.5, 0.6) is 0 Å². The van der Waals surface area contributed by atoms with Crippen LogP contribution in [0.15, 0.2) is 30.3 Å². The van der Waals surface area contributed by atoms with Gasteiger partial charge < -0.3 is 10.4 Å². The smallest absolute Gasteiger partial charge is 0.396 e. The number of hydrogen-bond donors (Lipinski definition) is 2. The van der Waals surface area contributed by atoms with Crippen molar-refractivity contribution in [2.45, 2.75) is 37.9 Å². The Kier molecular flexibility index (Phi) is 5.82. The number of benzene rings is 1. The van der Waals surface area contributed by atoms with Crippen LogP contribution < -0.4 is 5.32 Å². The molecule has 0 unspecified atom stereocenters. The second-order valence-electron chi connectivity index (χ2n) is 5.87. The molecule has 2 rings (SSSR count). The maximum absolute atomic E-state index is 12.6. The van der Waals surface area contributed by atoms with E-state index in [0.717, 1.165) is 37.8 Å². The van der Waals surface area contributed by atoms with Crippen molar-refractivity contribution in [1.82, 2.24) is 5.32 Å². The summed E-state index contributed by atoms with van der Waals surface area (Å²) in [4.78, 5) is 11.8. The highest BCUT2D eigenvalue weighted by atomic mass is 19.4. The van der Waals surface area contributed by atoms with Gasteiger partial charge in [0.1, 0.15) is 0 Å². The molecular formula is C17H20F3NO2. The average Bonchev–Trinajstić information content (AvgIpc) is 2.53. The van der Waals surface area contributed by atoms with E-state index in [1.807, 2.05) is 0 Å². The number of aliphatic hydroxyl groups excluding tert-OH is 1. The average molecular weight is 327 g/mol. The van der Waals surface area contributed by atoms with Gasteiger partial charge in [-0.25, -0.2) is 0 Å². The van der Waals surface area contributed by atoms with Gasteiger partial charge >= 0.3 is 6.18 Å². The number of alkyl halides is 3. The molecular weight excluding hydrogens is 307 g/mol. The third-order valence-corrected chi connectivity index (χ3v) is 4.09. The first-order valence-corrected chi connectivity index (χ1v) is 7.65. The van der Waals surface area contributed by atoms with Crippen molar-refractivity contribution in [2.75, 3.05) is 6.61 Å². The fraction of sp³-hybridized carbons (Fsp3) is 0.471.